The van der Waals surface area contributed by atoms with Gasteiger partial charge in [-0.1, -0.05) is 13.0 Å². The number of fused-ring (bicyclic) bond motifs is 3. The Labute approximate surface area is 183 Å². The molecule has 1 atom stereocenters. The molecule has 0 saturated heterocycles. The van der Waals surface area contributed by atoms with Crippen molar-refractivity contribution in [2.24, 2.45) is 0 Å². The molecule has 160 valence electrons. The second kappa shape index (κ2) is 7.41. The lowest BCUT2D eigenvalue weighted by atomic mass is 10.0. The highest BCUT2D eigenvalue weighted by atomic mass is 16.6. The number of nitrogen functional groups attached to an aromatic ring is 1. The summed E-state index contributed by atoms with van der Waals surface area (Å²) in [5.41, 5.74) is 10.3. The minimum Gasteiger partial charge on any atom is -0.384 e. The molecule has 0 spiro atoms. The molecule has 0 bridgehead atoms. The average molecular weight is 428 g/mol. The van der Waals surface area contributed by atoms with Crippen molar-refractivity contribution < 1.29 is 4.92 Å². The third-order valence-electron chi connectivity index (χ3n) is 5.60. The molecule has 0 unspecified atom stereocenters. The van der Waals surface area contributed by atoms with Gasteiger partial charge in [-0.2, -0.15) is 0 Å². The fraction of sp³-hybridized carbons (Fsp3) is 0.182. The maximum atomic E-state index is 11.1. The van der Waals surface area contributed by atoms with Gasteiger partial charge in [-0.3, -0.25) is 4.57 Å². The van der Waals surface area contributed by atoms with Gasteiger partial charge in [0.15, 0.2) is 6.20 Å². The predicted octanol–water partition coefficient (Wildman–Crippen LogP) is 3.78. The quantitative estimate of drug-likeness (QED) is 0.385. The van der Waals surface area contributed by atoms with E-state index in [2.05, 4.69) is 42.6 Å². The highest BCUT2D eigenvalue weighted by molar-refractivity contribution is 5.79. The van der Waals surface area contributed by atoms with Crippen LogP contribution in [0.1, 0.15) is 24.5 Å². The lowest BCUT2D eigenvalue weighted by molar-refractivity contribution is -0.389. The molecule has 0 fully saturated rings. The van der Waals surface area contributed by atoms with Gasteiger partial charge in [-0.25, -0.2) is 4.98 Å². The molecular weight excluding hydrogens is 408 g/mol. The van der Waals surface area contributed by atoms with Crippen LogP contribution in [0.25, 0.3) is 16.8 Å². The van der Waals surface area contributed by atoms with Crippen molar-refractivity contribution >= 4 is 23.0 Å². The van der Waals surface area contributed by atoms with E-state index in [9.17, 15) is 10.1 Å². The topological polar surface area (TPSA) is 129 Å². The molecule has 10 nitrogen and oxygen atoms in total. The summed E-state index contributed by atoms with van der Waals surface area (Å²) in [7, 11) is 0. The van der Waals surface area contributed by atoms with Crippen LogP contribution in [0.5, 0.6) is 0 Å². The summed E-state index contributed by atoms with van der Waals surface area (Å²) >= 11 is 0. The largest absolute Gasteiger partial charge is 0.384 e. The van der Waals surface area contributed by atoms with E-state index in [-0.39, 0.29) is 11.7 Å². The zero-order valence-corrected chi connectivity index (χ0v) is 17.5. The summed E-state index contributed by atoms with van der Waals surface area (Å²) < 4.78 is 2.06. The van der Waals surface area contributed by atoms with Crippen LogP contribution in [0.3, 0.4) is 0 Å². The Morgan fingerprint density at radius 2 is 1.84 bits per heavy atom. The summed E-state index contributed by atoms with van der Waals surface area (Å²) in [6.45, 7) is 4.62. The summed E-state index contributed by atoms with van der Waals surface area (Å²) in [6.07, 6.45) is 3.27. The van der Waals surface area contributed by atoms with E-state index in [1.165, 1.54) is 12.3 Å². The van der Waals surface area contributed by atoms with Crippen LogP contribution in [0.15, 0.2) is 54.9 Å². The number of nitrogens with zero attached hydrogens (tertiary/aromatic N) is 7. The van der Waals surface area contributed by atoms with Gasteiger partial charge < -0.3 is 20.7 Å². The normalized spacial score (nSPS) is 15.1. The van der Waals surface area contributed by atoms with E-state index in [1.54, 1.807) is 18.3 Å². The van der Waals surface area contributed by atoms with E-state index in [1.807, 2.05) is 25.1 Å². The minimum absolute atomic E-state index is 0.0560. The third kappa shape index (κ3) is 3.22. The first-order chi connectivity index (χ1) is 15.4. The Morgan fingerprint density at radius 3 is 2.53 bits per heavy atom. The fourth-order valence-corrected chi connectivity index (χ4v) is 4.02. The number of nitrogens with two attached hydrogens (primary N) is 1. The second-order valence-corrected chi connectivity index (χ2v) is 7.76. The molecule has 1 aliphatic rings. The van der Waals surface area contributed by atoms with Gasteiger partial charge in [0, 0.05) is 30.3 Å². The maximum absolute atomic E-state index is 11.1. The van der Waals surface area contributed by atoms with Crippen molar-refractivity contribution in [1.29, 1.82) is 0 Å². The van der Waals surface area contributed by atoms with Gasteiger partial charge in [0.05, 0.1) is 17.1 Å². The van der Waals surface area contributed by atoms with Gasteiger partial charge in [0.25, 0.3) is 0 Å². The number of nitro groups is 1. The van der Waals surface area contributed by atoms with Crippen molar-refractivity contribution in [3.63, 3.8) is 0 Å². The van der Waals surface area contributed by atoms with Gasteiger partial charge in [-0.15, -0.1) is 10.2 Å². The zero-order chi connectivity index (χ0) is 22.4. The number of anilines is 3. The Hall–Kier alpha value is -4.34. The molecule has 4 aromatic rings. The van der Waals surface area contributed by atoms with Crippen LogP contribution < -0.4 is 10.6 Å². The van der Waals surface area contributed by atoms with Crippen LogP contribution in [-0.4, -0.2) is 36.2 Å². The summed E-state index contributed by atoms with van der Waals surface area (Å²) in [5.74, 6) is 1.98. The number of hydrogen-bond donors (Lipinski definition) is 1. The molecule has 0 saturated carbocycles. The molecule has 5 rings (SSSR count). The van der Waals surface area contributed by atoms with Crippen molar-refractivity contribution in [2.75, 3.05) is 17.2 Å². The summed E-state index contributed by atoms with van der Waals surface area (Å²) in [6, 6.07) is 13.0. The Morgan fingerprint density at radius 1 is 1.03 bits per heavy atom. The molecule has 32 heavy (non-hydrogen) atoms. The Balaban J connectivity index is 1.70. The van der Waals surface area contributed by atoms with Gasteiger partial charge >= 0.3 is 5.82 Å². The molecule has 0 amide bonds. The van der Waals surface area contributed by atoms with E-state index < -0.39 is 4.92 Å². The maximum Gasteiger partial charge on any atom is 0.363 e. The van der Waals surface area contributed by atoms with Crippen molar-refractivity contribution in [1.82, 2.24) is 24.7 Å². The summed E-state index contributed by atoms with van der Waals surface area (Å²) in [4.78, 5) is 20.9. The minimum atomic E-state index is -0.500. The number of benzene rings is 1. The van der Waals surface area contributed by atoms with E-state index in [4.69, 9.17) is 5.73 Å². The average Bonchev–Trinajstić information content (AvgIpc) is 3.13. The first-order valence-corrected chi connectivity index (χ1v) is 10.1. The number of pyridine rings is 2. The van der Waals surface area contributed by atoms with Gasteiger partial charge in [-0.05, 0) is 52.7 Å². The molecule has 2 N–H and O–H groups in total. The van der Waals surface area contributed by atoms with Crippen molar-refractivity contribution in [3.8, 4) is 16.8 Å². The smallest absolute Gasteiger partial charge is 0.363 e. The van der Waals surface area contributed by atoms with Crippen LogP contribution in [-0.2, 0) is 0 Å². The molecule has 3 aromatic heterocycles. The predicted molar refractivity (Wildman–Crippen MR) is 120 cm³/mol. The number of rotatable bonds is 3. The van der Waals surface area contributed by atoms with E-state index in [0.29, 0.717) is 12.4 Å². The SMILES string of the molecule is Cc1nnc2n1-c1ccc(-c3ccc(N)nc3)cc1N(c1ccc([N+](=O)[O-])nc1)C[C@H]2C. The molecule has 1 aromatic carbocycles. The van der Waals surface area contributed by atoms with Gasteiger partial charge in [0.2, 0.25) is 0 Å². The molecular formula is C22H20N8O2. The van der Waals surface area contributed by atoms with Crippen LogP contribution in [0.4, 0.5) is 23.0 Å². The summed E-state index contributed by atoms with van der Waals surface area (Å²) in [5, 5.41) is 19.8. The van der Waals surface area contributed by atoms with Crippen molar-refractivity contribution in [3.05, 3.63) is 76.6 Å². The van der Waals surface area contributed by atoms with E-state index >= 15 is 0 Å². The lowest BCUT2D eigenvalue weighted by Gasteiger charge is -2.26. The van der Waals surface area contributed by atoms with Crippen LogP contribution in [0.2, 0.25) is 0 Å². The highest BCUT2D eigenvalue weighted by Crippen LogP contribution is 2.40. The first kappa shape index (κ1) is 19.6. The third-order valence-corrected chi connectivity index (χ3v) is 5.60. The molecule has 10 heteroatoms. The number of aromatic nitrogens is 5. The molecule has 4 heterocycles. The van der Waals surface area contributed by atoms with Gasteiger partial charge in [0.1, 0.15) is 17.5 Å². The molecule has 0 radical (unpaired) electrons. The lowest BCUT2D eigenvalue weighted by Crippen LogP contribution is -2.22. The zero-order valence-electron chi connectivity index (χ0n) is 17.5. The van der Waals surface area contributed by atoms with Crippen LogP contribution >= 0.6 is 0 Å². The number of hydrogen-bond acceptors (Lipinski definition) is 8. The van der Waals surface area contributed by atoms with E-state index in [0.717, 1.165) is 39.8 Å². The van der Waals surface area contributed by atoms with Crippen LogP contribution in [0, 0.1) is 17.0 Å². The second-order valence-electron chi connectivity index (χ2n) is 7.76. The van der Waals surface area contributed by atoms with Crippen molar-refractivity contribution in [2.45, 2.75) is 19.8 Å². The highest BCUT2D eigenvalue weighted by Gasteiger charge is 2.29. The standard InChI is InChI=1S/C22H20N8O2/c1-13-12-28(17-5-8-21(25-11-17)30(31)32)19-9-15(16-4-7-20(23)24-10-16)3-6-18(19)29-14(2)26-27-22(13)29/h3-11,13H,12H2,1-2H3,(H2,23,24)/t13-/m1/s1. The Bertz CT molecular complexity index is 1320. The fourth-order valence-electron chi connectivity index (χ4n) is 4.02. The first-order valence-electron chi connectivity index (χ1n) is 10.1. The Kier molecular flexibility index (Phi) is 4.54. The molecule has 1 aliphatic heterocycles. The number of aryl methyl sites for hydroxylation is 1. The monoisotopic (exact) mass is 428 g/mol. The molecule has 0 aliphatic carbocycles.